The fraction of sp³-hybridized carbons (Fsp3) is 0. The maximum Gasteiger partial charge on any atom is 0.0640 e. The van der Waals surface area contributed by atoms with E-state index in [-0.39, 0.29) is 0 Å². The van der Waals surface area contributed by atoms with Gasteiger partial charge in [-0.15, -0.1) is 11.3 Å². The standard InChI is InChI=1S/C38H25NS/c1-2-15-28(16-3-1)39(35-22-11-21-33-31-19-8-9-23-36(31)40-38(33)35)34-25-24-27-13-5-7-18-30(27)37(34)32-20-10-14-26-12-4-6-17-29(26)32/h1-25H. The Morgan fingerprint density at radius 3 is 1.88 bits per heavy atom. The molecular weight excluding hydrogens is 502 g/mol. The molecule has 0 saturated carbocycles. The Kier molecular flexibility index (Phi) is 5.39. The summed E-state index contributed by atoms with van der Waals surface area (Å²) >= 11 is 1.87. The predicted molar refractivity (Wildman–Crippen MR) is 174 cm³/mol. The quantitative estimate of drug-likeness (QED) is 0.220. The van der Waals surface area contributed by atoms with Crippen LogP contribution in [0.1, 0.15) is 0 Å². The van der Waals surface area contributed by atoms with E-state index in [1.807, 2.05) is 11.3 Å². The van der Waals surface area contributed by atoms with Gasteiger partial charge in [0.25, 0.3) is 0 Å². The van der Waals surface area contributed by atoms with Gasteiger partial charge in [0.2, 0.25) is 0 Å². The number of benzene rings is 7. The molecule has 0 fully saturated rings. The van der Waals surface area contributed by atoms with Crippen LogP contribution in [0.3, 0.4) is 0 Å². The minimum absolute atomic E-state index is 1.14. The van der Waals surface area contributed by atoms with Gasteiger partial charge in [-0.2, -0.15) is 0 Å². The van der Waals surface area contributed by atoms with Gasteiger partial charge in [-0.1, -0.05) is 121 Å². The molecule has 0 aliphatic rings. The normalized spacial score (nSPS) is 11.5. The van der Waals surface area contributed by atoms with Crippen molar-refractivity contribution in [3.63, 3.8) is 0 Å². The highest BCUT2D eigenvalue weighted by atomic mass is 32.1. The van der Waals surface area contributed by atoms with Gasteiger partial charge in [-0.05, 0) is 57.4 Å². The Morgan fingerprint density at radius 2 is 1.02 bits per heavy atom. The molecule has 0 N–H and O–H groups in total. The van der Waals surface area contributed by atoms with Crippen molar-refractivity contribution in [3.8, 4) is 11.1 Å². The maximum absolute atomic E-state index is 2.46. The van der Waals surface area contributed by atoms with E-state index in [2.05, 4.69) is 157 Å². The molecule has 0 spiro atoms. The fourth-order valence-corrected chi connectivity index (χ4v) is 7.27. The predicted octanol–water partition coefficient (Wildman–Crippen LogP) is 11.5. The van der Waals surface area contributed by atoms with Crippen LogP contribution >= 0.6 is 11.3 Å². The van der Waals surface area contributed by atoms with Crippen molar-refractivity contribution in [1.29, 1.82) is 0 Å². The Morgan fingerprint density at radius 1 is 0.400 bits per heavy atom. The largest absolute Gasteiger partial charge is 0.308 e. The van der Waals surface area contributed by atoms with Crippen LogP contribution in [0, 0.1) is 0 Å². The van der Waals surface area contributed by atoms with Gasteiger partial charge < -0.3 is 4.90 Å². The van der Waals surface area contributed by atoms with Crippen LogP contribution in [0.5, 0.6) is 0 Å². The third-order valence-electron chi connectivity index (χ3n) is 7.85. The summed E-state index contributed by atoms with van der Waals surface area (Å²) in [6.45, 7) is 0. The summed E-state index contributed by atoms with van der Waals surface area (Å²) in [5, 5.41) is 7.60. The molecule has 0 amide bonds. The van der Waals surface area contributed by atoms with Crippen LogP contribution in [-0.4, -0.2) is 0 Å². The Bertz CT molecular complexity index is 2170. The molecule has 0 saturated heterocycles. The molecule has 0 unspecified atom stereocenters. The first-order chi connectivity index (χ1) is 19.9. The minimum Gasteiger partial charge on any atom is -0.308 e. The van der Waals surface area contributed by atoms with Gasteiger partial charge in [0, 0.05) is 26.7 Å². The average Bonchev–Trinajstić information content (AvgIpc) is 3.41. The summed E-state index contributed by atoms with van der Waals surface area (Å²) in [4.78, 5) is 2.46. The third-order valence-corrected chi connectivity index (χ3v) is 9.05. The smallest absolute Gasteiger partial charge is 0.0640 e. The lowest BCUT2D eigenvalue weighted by Gasteiger charge is -2.29. The molecular formula is C38H25NS. The number of anilines is 3. The van der Waals surface area contributed by atoms with Gasteiger partial charge in [0.15, 0.2) is 0 Å². The highest BCUT2D eigenvalue weighted by Gasteiger charge is 2.23. The molecule has 0 aliphatic carbocycles. The lowest BCUT2D eigenvalue weighted by molar-refractivity contribution is 1.31. The first-order valence-corrected chi connectivity index (χ1v) is 14.4. The van der Waals surface area contributed by atoms with Gasteiger partial charge in [0.05, 0.1) is 16.1 Å². The maximum atomic E-state index is 2.46. The van der Waals surface area contributed by atoms with Crippen molar-refractivity contribution in [2.75, 3.05) is 4.90 Å². The molecule has 1 nitrogen and oxygen atoms in total. The molecule has 1 heterocycles. The molecule has 8 rings (SSSR count). The second-order valence-corrected chi connectivity index (χ2v) is 11.2. The van der Waals surface area contributed by atoms with E-state index in [1.54, 1.807) is 0 Å². The fourth-order valence-electron chi connectivity index (χ4n) is 6.07. The van der Waals surface area contributed by atoms with Crippen LogP contribution in [0.2, 0.25) is 0 Å². The number of thiophene rings is 1. The first kappa shape index (κ1) is 23.0. The van der Waals surface area contributed by atoms with Gasteiger partial charge in [0.1, 0.15) is 0 Å². The van der Waals surface area contributed by atoms with Gasteiger partial charge in [-0.25, -0.2) is 0 Å². The van der Waals surface area contributed by atoms with E-state index in [4.69, 9.17) is 0 Å². The summed E-state index contributed by atoms with van der Waals surface area (Å²) < 4.78 is 2.61. The number of fused-ring (bicyclic) bond motifs is 5. The summed E-state index contributed by atoms with van der Waals surface area (Å²) in [6.07, 6.45) is 0. The number of para-hydroxylation sites is 1. The van der Waals surface area contributed by atoms with Gasteiger partial charge in [-0.3, -0.25) is 0 Å². The van der Waals surface area contributed by atoms with Crippen LogP contribution in [-0.2, 0) is 0 Å². The summed E-state index contributed by atoms with van der Waals surface area (Å²) in [5.41, 5.74) is 6.00. The Labute approximate surface area is 237 Å². The van der Waals surface area contributed by atoms with Gasteiger partial charge >= 0.3 is 0 Å². The van der Waals surface area contributed by atoms with E-state index in [9.17, 15) is 0 Å². The lowest BCUT2D eigenvalue weighted by atomic mass is 9.91. The van der Waals surface area contributed by atoms with Crippen molar-refractivity contribution in [3.05, 3.63) is 152 Å². The first-order valence-electron chi connectivity index (χ1n) is 13.6. The van der Waals surface area contributed by atoms with E-state index < -0.39 is 0 Å². The zero-order chi connectivity index (χ0) is 26.5. The zero-order valence-electron chi connectivity index (χ0n) is 21.8. The van der Waals surface area contributed by atoms with E-state index >= 15 is 0 Å². The Balaban J connectivity index is 1.51. The SMILES string of the molecule is c1ccc(N(c2ccc3ccccc3c2-c2cccc3ccccc23)c2cccc3c2sc2ccccc23)cc1. The average molecular weight is 528 g/mol. The molecule has 0 aliphatic heterocycles. The van der Waals surface area contributed by atoms with Crippen LogP contribution in [0.4, 0.5) is 17.1 Å². The second kappa shape index (κ2) is 9.37. The van der Waals surface area contributed by atoms with E-state index in [0.29, 0.717) is 0 Å². The van der Waals surface area contributed by atoms with Crippen molar-refractivity contribution in [2.45, 2.75) is 0 Å². The lowest BCUT2D eigenvalue weighted by Crippen LogP contribution is -2.11. The molecule has 2 heteroatoms. The molecule has 0 radical (unpaired) electrons. The topological polar surface area (TPSA) is 3.24 Å². The van der Waals surface area contributed by atoms with Crippen molar-refractivity contribution >= 4 is 70.1 Å². The molecule has 40 heavy (non-hydrogen) atoms. The molecule has 7 aromatic carbocycles. The summed E-state index contributed by atoms with van der Waals surface area (Å²) in [7, 11) is 0. The molecule has 0 atom stereocenters. The highest BCUT2D eigenvalue weighted by molar-refractivity contribution is 7.26. The van der Waals surface area contributed by atoms with Crippen molar-refractivity contribution in [2.24, 2.45) is 0 Å². The monoisotopic (exact) mass is 527 g/mol. The summed E-state index contributed by atoms with van der Waals surface area (Å²) in [5.74, 6) is 0. The zero-order valence-corrected chi connectivity index (χ0v) is 22.6. The van der Waals surface area contributed by atoms with Crippen LogP contribution in [0.15, 0.2) is 152 Å². The van der Waals surface area contributed by atoms with Crippen LogP contribution in [0.25, 0.3) is 52.8 Å². The number of nitrogens with zero attached hydrogens (tertiary/aromatic N) is 1. The summed E-state index contributed by atoms with van der Waals surface area (Å²) in [6, 6.07) is 55.0. The van der Waals surface area contributed by atoms with E-state index in [0.717, 1.165) is 5.69 Å². The number of rotatable bonds is 4. The number of hydrogen-bond acceptors (Lipinski definition) is 2. The Hall–Kier alpha value is -4.92. The molecule has 1 aromatic heterocycles. The highest BCUT2D eigenvalue weighted by Crippen LogP contribution is 2.49. The van der Waals surface area contributed by atoms with Crippen molar-refractivity contribution in [1.82, 2.24) is 0 Å². The second-order valence-electron chi connectivity index (χ2n) is 10.1. The minimum atomic E-state index is 1.14. The number of hydrogen-bond donors (Lipinski definition) is 0. The third kappa shape index (κ3) is 3.61. The molecule has 0 bridgehead atoms. The van der Waals surface area contributed by atoms with E-state index in [1.165, 1.54) is 64.2 Å². The molecule has 188 valence electrons. The van der Waals surface area contributed by atoms with Crippen LogP contribution < -0.4 is 4.90 Å². The molecule has 8 aromatic rings. The van der Waals surface area contributed by atoms with Crippen molar-refractivity contribution < 1.29 is 0 Å².